The van der Waals surface area contributed by atoms with E-state index in [4.69, 9.17) is 4.42 Å². The minimum absolute atomic E-state index is 0.0810. The zero-order valence-corrected chi connectivity index (χ0v) is 15.0. The van der Waals surface area contributed by atoms with Crippen LogP contribution >= 0.6 is 0 Å². The van der Waals surface area contributed by atoms with Gasteiger partial charge in [-0.15, -0.1) is 0 Å². The zero-order valence-electron chi connectivity index (χ0n) is 15.0. The molecule has 1 atom stereocenters. The lowest BCUT2D eigenvalue weighted by Crippen LogP contribution is -2.32. The van der Waals surface area contributed by atoms with E-state index >= 15 is 0 Å². The van der Waals surface area contributed by atoms with E-state index in [2.05, 4.69) is 10.3 Å². The van der Waals surface area contributed by atoms with Crippen LogP contribution in [0.2, 0.25) is 0 Å². The molecule has 6 nitrogen and oxygen atoms in total. The topological polar surface area (TPSA) is 75.4 Å². The van der Waals surface area contributed by atoms with Crippen LogP contribution in [-0.2, 0) is 17.9 Å². The highest BCUT2D eigenvalue weighted by Crippen LogP contribution is 2.35. The third kappa shape index (κ3) is 3.64. The quantitative estimate of drug-likeness (QED) is 0.714. The van der Waals surface area contributed by atoms with E-state index in [9.17, 15) is 14.0 Å². The van der Waals surface area contributed by atoms with Gasteiger partial charge in [-0.05, 0) is 42.0 Å². The summed E-state index contributed by atoms with van der Waals surface area (Å²) in [6, 6.07) is 12.4. The summed E-state index contributed by atoms with van der Waals surface area (Å²) in [6.45, 7) is 0.547. The summed E-state index contributed by atoms with van der Waals surface area (Å²) in [5.41, 5.74) is 1.86. The highest BCUT2D eigenvalue weighted by molar-refractivity contribution is 5.99. The van der Waals surface area contributed by atoms with Crippen molar-refractivity contribution in [2.45, 2.75) is 25.6 Å². The van der Waals surface area contributed by atoms with E-state index in [-0.39, 0.29) is 37.1 Å². The third-order valence-corrected chi connectivity index (χ3v) is 4.71. The molecule has 3 heterocycles. The van der Waals surface area contributed by atoms with Crippen molar-refractivity contribution in [3.63, 3.8) is 0 Å². The van der Waals surface area contributed by atoms with Gasteiger partial charge in [0.25, 0.3) is 5.91 Å². The molecule has 0 saturated heterocycles. The van der Waals surface area contributed by atoms with Crippen molar-refractivity contribution in [3.8, 4) is 0 Å². The maximum absolute atomic E-state index is 13.2. The summed E-state index contributed by atoms with van der Waals surface area (Å²) in [5, 5.41) is 2.80. The number of pyridine rings is 1. The highest BCUT2D eigenvalue weighted by atomic mass is 19.1. The fraction of sp³-hybridized carbons (Fsp3) is 0.190. The number of amides is 2. The number of nitrogens with one attached hydrogen (secondary N) is 1. The van der Waals surface area contributed by atoms with Crippen molar-refractivity contribution in [2.75, 3.05) is 0 Å². The normalized spacial score (nSPS) is 15.5. The Hall–Kier alpha value is -3.48. The number of hydrogen-bond acceptors (Lipinski definition) is 4. The van der Waals surface area contributed by atoms with Crippen LogP contribution < -0.4 is 5.32 Å². The van der Waals surface area contributed by atoms with Gasteiger partial charge in [0, 0.05) is 12.7 Å². The van der Waals surface area contributed by atoms with Crippen LogP contribution in [0.1, 0.15) is 39.8 Å². The first-order valence-electron chi connectivity index (χ1n) is 8.91. The van der Waals surface area contributed by atoms with E-state index in [0.717, 1.165) is 5.56 Å². The standard InChI is InChI=1S/C21H18FN3O3/c22-15-7-5-14(6-8-15)13-25-18(20-17(21(25)27)4-1-9-23-20)11-19(26)24-12-16-3-2-10-28-16/h1-10,18H,11-13H2,(H,24,26)/t18-/m1/s1. The van der Waals surface area contributed by atoms with Gasteiger partial charge in [0.05, 0.1) is 36.5 Å². The molecular weight excluding hydrogens is 361 g/mol. The molecule has 1 aliphatic rings. The molecule has 1 aromatic carbocycles. The maximum atomic E-state index is 13.2. The predicted molar refractivity (Wildman–Crippen MR) is 98.4 cm³/mol. The number of fused-ring (bicyclic) bond motifs is 1. The van der Waals surface area contributed by atoms with Crippen molar-refractivity contribution >= 4 is 11.8 Å². The molecule has 0 radical (unpaired) electrons. The van der Waals surface area contributed by atoms with E-state index in [0.29, 0.717) is 17.0 Å². The molecule has 28 heavy (non-hydrogen) atoms. The van der Waals surface area contributed by atoms with Crippen molar-refractivity contribution in [1.29, 1.82) is 0 Å². The predicted octanol–water partition coefficient (Wildman–Crippen LogP) is 3.22. The molecule has 0 unspecified atom stereocenters. The molecule has 0 fully saturated rings. The van der Waals surface area contributed by atoms with Crippen LogP contribution in [0.5, 0.6) is 0 Å². The van der Waals surface area contributed by atoms with Gasteiger partial charge in [-0.2, -0.15) is 0 Å². The third-order valence-electron chi connectivity index (χ3n) is 4.71. The first-order valence-corrected chi connectivity index (χ1v) is 8.91. The second-order valence-electron chi connectivity index (χ2n) is 6.57. The van der Waals surface area contributed by atoms with Crippen LogP contribution in [0, 0.1) is 5.82 Å². The van der Waals surface area contributed by atoms with Gasteiger partial charge >= 0.3 is 0 Å². The molecule has 2 amide bonds. The SMILES string of the molecule is O=C(C[C@@H]1c2ncccc2C(=O)N1Cc1ccc(F)cc1)NCc1ccco1. The van der Waals surface area contributed by atoms with Gasteiger partial charge in [-0.3, -0.25) is 14.6 Å². The fourth-order valence-electron chi connectivity index (χ4n) is 3.33. The van der Waals surface area contributed by atoms with Gasteiger partial charge < -0.3 is 14.6 Å². The molecule has 0 bridgehead atoms. The average molecular weight is 379 g/mol. The van der Waals surface area contributed by atoms with Gasteiger partial charge in [0.2, 0.25) is 5.91 Å². The minimum atomic E-state index is -0.481. The number of aromatic nitrogens is 1. The summed E-state index contributed by atoms with van der Waals surface area (Å²) in [5.74, 6) is -0.0825. The second-order valence-corrected chi connectivity index (χ2v) is 6.57. The zero-order chi connectivity index (χ0) is 19.5. The lowest BCUT2D eigenvalue weighted by Gasteiger charge is -2.24. The highest BCUT2D eigenvalue weighted by Gasteiger charge is 2.38. The Labute approximate surface area is 161 Å². The molecule has 4 rings (SSSR count). The summed E-state index contributed by atoms with van der Waals surface area (Å²) in [7, 11) is 0. The molecular formula is C21H18FN3O3. The lowest BCUT2D eigenvalue weighted by molar-refractivity contribution is -0.122. The fourth-order valence-corrected chi connectivity index (χ4v) is 3.33. The number of carbonyl (C=O) groups excluding carboxylic acids is 2. The monoisotopic (exact) mass is 379 g/mol. The van der Waals surface area contributed by atoms with Gasteiger partial charge in [-0.1, -0.05) is 12.1 Å². The smallest absolute Gasteiger partial charge is 0.256 e. The summed E-state index contributed by atoms with van der Waals surface area (Å²) < 4.78 is 18.4. The van der Waals surface area contributed by atoms with Gasteiger partial charge in [0.15, 0.2) is 0 Å². The van der Waals surface area contributed by atoms with E-state index in [1.165, 1.54) is 12.1 Å². The minimum Gasteiger partial charge on any atom is -0.467 e. The van der Waals surface area contributed by atoms with E-state index in [1.807, 2.05) is 0 Å². The number of rotatable bonds is 6. The second kappa shape index (κ2) is 7.64. The molecule has 0 saturated carbocycles. The molecule has 2 aromatic heterocycles. The molecule has 0 spiro atoms. The van der Waals surface area contributed by atoms with Crippen molar-refractivity contribution < 1.29 is 18.4 Å². The Balaban J connectivity index is 1.53. The Bertz CT molecular complexity index is 986. The number of benzene rings is 1. The van der Waals surface area contributed by atoms with E-state index in [1.54, 1.807) is 53.8 Å². The Kier molecular flexibility index (Phi) is 4.89. The summed E-state index contributed by atoms with van der Waals surface area (Å²) in [4.78, 5) is 31.3. The van der Waals surface area contributed by atoms with Crippen LogP contribution in [0.4, 0.5) is 4.39 Å². The molecule has 142 valence electrons. The molecule has 3 aromatic rings. The first-order chi connectivity index (χ1) is 13.6. The van der Waals surface area contributed by atoms with Crippen LogP contribution in [0.15, 0.2) is 65.4 Å². The largest absolute Gasteiger partial charge is 0.467 e. The summed E-state index contributed by atoms with van der Waals surface area (Å²) >= 11 is 0. The molecule has 7 heteroatoms. The molecule has 0 aliphatic carbocycles. The number of furan rings is 1. The van der Waals surface area contributed by atoms with Crippen molar-refractivity contribution in [3.05, 3.63) is 89.4 Å². The number of carbonyl (C=O) groups is 2. The van der Waals surface area contributed by atoms with Crippen LogP contribution in [-0.4, -0.2) is 21.7 Å². The van der Waals surface area contributed by atoms with Gasteiger partial charge in [-0.25, -0.2) is 4.39 Å². The average Bonchev–Trinajstić information content (AvgIpc) is 3.31. The number of halogens is 1. The molecule has 1 N–H and O–H groups in total. The Morgan fingerprint density at radius 3 is 2.75 bits per heavy atom. The Morgan fingerprint density at radius 1 is 1.18 bits per heavy atom. The lowest BCUT2D eigenvalue weighted by atomic mass is 10.1. The van der Waals surface area contributed by atoms with Crippen LogP contribution in [0.3, 0.4) is 0 Å². The van der Waals surface area contributed by atoms with Crippen molar-refractivity contribution in [1.82, 2.24) is 15.2 Å². The number of hydrogen-bond donors (Lipinski definition) is 1. The molecule has 1 aliphatic heterocycles. The maximum Gasteiger partial charge on any atom is 0.256 e. The summed E-state index contributed by atoms with van der Waals surface area (Å²) in [6.07, 6.45) is 3.24. The first kappa shape index (κ1) is 17.9. The van der Waals surface area contributed by atoms with Crippen LogP contribution in [0.25, 0.3) is 0 Å². The van der Waals surface area contributed by atoms with Gasteiger partial charge in [0.1, 0.15) is 11.6 Å². The number of nitrogens with zero attached hydrogens (tertiary/aromatic N) is 2. The van der Waals surface area contributed by atoms with Crippen molar-refractivity contribution in [2.24, 2.45) is 0 Å². The Morgan fingerprint density at radius 2 is 2.00 bits per heavy atom. The van der Waals surface area contributed by atoms with E-state index < -0.39 is 6.04 Å².